The number of sulfonamides is 1. The average molecular weight is 229 g/mol. The monoisotopic (exact) mass is 229 g/mol. The van der Waals surface area contributed by atoms with Gasteiger partial charge in [0, 0.05) is 18.4 Å². The summed E-state index contributed by atoms with van der Waals surface area (Å²) in [5.74, 6) is -0.0562. The van der Waals surface area contributed by atoms with Crippen LogP contribution >= 0.6 is 0 Å². The van der Waals surface area contributed by atoms with Crippen LogP contribution in [0.3, 0.4) is 0 Å². The van der Waals surface area contributed by atoms with Crippen molar-refractivity contribution in [2.75, 3.05) is 7.05 Å². The zero-order valence-electron chi connectivity index (χ0n) is 8.82. The highest BCUT2D eigenvalue weighted by Crippen LogP contribution is 2.11. The van der Waals surface area contributed by atoms with Crippen LogP contribution < -0.4 is 10.5 Å². The zero-order chi connectivity index (χ0) is 11.5. The van der Waals surface area contributed by atoms with E-state index in [1.165, 1.54) is 7.05 Å². The number of hydrogen-bond donors (Lipinski definition) is 2. The molecule has 1 aromatic rings. The first-order chi connectivity index (χ1) is 6.98. The quantitative estimate of drug-likeness (QED) is 0.755. The minimum absolute atomic E-state index is 0.0562. The van der Waals surface area contributed by atoms with E-state index in [0.29, 0.717) is 12.1 Å². The predicted molar refractivity (Wildman–Crippen MR) is 58.5 cm³/mol. The first-order valence-electron chi connectivity index (χ1n) is 4.54. The molecule has 1 rings (SSSR count). The summed E-state index contributed by atoms with van der Waals surface area (Å²) < 4.78 is 25.0. The van der Waals surface area contributed by atoms with E-state index in [1.54, 1.807) is 12.3 Å². The highest BCUT2D eigenvalue weighted by molar-refractivity contribution is 7.88. The van der Waals surface area contributed by atoms with Crippen molar-refractivity contribution < 1.29 is 8.42 Å². The Labute approximate surface area is 89.8 Å². The van der Waals surface area contributed by atoms with Gasteiger partial charge >= 0.3 is 0 Å². The average Bonchev–Trinajstić information content (AvgIpc) is 2.18. The van der Waals surface area contributed by atoms with Gasteiger partial charge in [-0.15, -0.1) is 0 Å². The third-order valence-corrected chi connectivity index (χ3v) is 3.41. The fourth-order valence-electron chi connectivity index (χ4n) is 1.24. The second kappa shape index (κ2) is 4.69. The first kappa shape index (κ1) is 12.1. The maximum atomic E-state index is 11.4. The van der Waals surface area contributed by atoms with Crippen LogP contribution in [0.4, 0.5) is 0 Å². The molecular weight excluding hydrogens is 214 g/mol. The molecule has 0 aliphatic heterocycles. The lowest BCUT2D eigenvalue weighted by molar-refractivity contribution is 0.587. The molecule has 0 spiro atoms. The Kier molecular flexibility index (Phi) is 3.78. The lowest BCUT2D eigenvalue weighted by Gasteiger charge is -2.08. The molecule has 15 heavy (non-hydrogen) atoms. The number of hydrogen-bond acceptors (Lipinski definition) is 4. The van der Waals surface area contributed by atoms with Gasteiger partial charge in [0.2, 0.25) is 10.0 Å². The van der Waals surface area contributed by atoms with Gasteiger partial charge in [0.05, 0.1) is 5.75 Å². The van der Waals surface area contributed by atoms with Crippen molar-refractivity contribution in [1.82, 2.24) is 9.71 Å². The highest BCUT2D eigenvalue weighted by Gasteiger charge is 2.12. The van der Waals surface area contributed by atoms with Gasteiger partial charge in [-0.2, -0.15) is 0 Å². The van der Waals surface area contributed by atoms with Gasteiger partial charge in [-0.3, -0.25) is 4.98 Å². The molecule has 3 N–H and O–H groups in total. The van der Waals surface area contributed by atoms with Crippen molar-refractivity contribution in [2.45, 2.75) is 19.2 Å². The van der Waals surface area contributed by atoms with Crippen LogP contribution in [0.5, 0.6) is 0 Å². The summed E-state index contributed by atoms with van der Waals surface area (Å²) in [7, 11) is -1.86. The molecule has 0 unspecified atom stereocenters. The third kappa shape index (κ3) is 3.26. The molecule has 0 radical (unpaired) electrons. The van der Waals surface area contributed by atoms with E-state index >= 15 is 0 Å². The second-order valence-corrected chi connectivity index (χ2v) is 5.19. The maximum Gasteiger partial charge on any atom is 0.215 e. The van der Waals surface area contributed by atoms with Gasteiger partial charge in [-0.25, -0.2) is 13.1 Å². The molecule has 6 heteroatoms. The summed E-state index contributed by atoms with van der Waals surface area (Å²) in [6.45, 7) is 2.11. The molecule has 84 valence electrons. The number of aromatic nitrogens is 1. The normalized spacial score (nSPS) is 11.7. The van der Waals surface area contributed by atoms with Gasteiger partial charge < -0.3 is 5.73 Å². The van der Waals surface area contributed by atoms with Crippen LogP contribution in [-0.4, -0.2) is 20.4 Å². The van der Waals surface area contributed by atoms with E-state index in [4.69, 9.17) is 5.73 Å². The van der Waals surface area contributed by atoms with Crippen molar-refractivity contribution in [3.8, 4) is 0 Å². The van der Waals surface area contributed by atoms with Crippen LogP contribution in [0, 0.1) is 6.92 Å². The lowest BCUT2D eigenvalue weighted by atomic mass is 10.1. The largest absolute Gasteiger partial charge is 0.326 e. The Bertz CT molecular complexity index is 443. The zero-order valence-corrected chi connectivity index (χ0v) is 9.63. The molecule has 0 bridgehead atoms. The van der Waals surface area contributed by atoms with Crippen molar-refractivity contribution >= 4 is 10.0 Å². The van der Waals surface area contributed by atoms with E-state index in [9.17, 15) is 8.42 Å². The smallest absolute Gasteiger partial charge is 0.215 e. The number of nitrogens with two attached hydrogens (primary N) is 1. The molecule has 5 nitrogen and oxygen atoms in total. The minimum Gasteiger partial charge on any atom is -0.326 e. The van der Waals surface area contributed by atoms with Gasteiger partial charge in [0.1, 0.15) is 0 Å². The number of pyridine rings is 1. The highest BCUT2D eigenvalue weighted by atomic mass is 32.2. The lowest BCUT2D eigenvalue weighted by Crippen LogP contribution is -2.21. The Balaban J connectivity index is 3.08. The molecule has 0 fully saturated rings. The maximum absolute atomic E-state index is 11.4. The number of nitrogens with zero attached hydrogens (tertiary/aromatic N) is 1. The topological polar surface area (TPSA) is 85.1 Å². The number of rotatable bonds is 4. The van der Waals surface area contributed by atoms with E-state index in [2.05, 4.69) is 9.71 Å². The van der Waals surface area contributed by atoms with Crippen LogP contribution in [0.15, 0.2) is 12.3 Å². The Morgan fingerprint density at radius 1 is 1.47 bits per heavy atom. The fourth-order valence-corrected chi connectivity index (χ4v) is 2.06. The van der Waals surface area contributed by atoms with Gasteiger partial charge in [0.15, 0.2) is 0 Å². The summed E-state index contributed by atoms with van der Waals surface area (Å²) >= 11 is 0. The Hall–Kier alpha value is -0.980. The van der Waals surface area contributed by atoms with Crippen LogP contribution in [0.2, 0.25) is 0 Å². The molecule has 0 aliphatic rings. The van der Waals surface area contributed by atoms with Gasteiger partial charge in [-0.05, 0) is 31.2 Å². The van der Waals surface area contributed by atoms with Crippen LogP contribution in [0.1, 0.15) is 16.8 Å². The summed E-state index contributed by atoms with van der Waals surface area (Å²) in [4.78, 5) is 4.07. The van der Waals surface area contributed by atoms with Crippen molar-refractivity contribution in [3.63, 3.8) is 0 Å². The fraction of sp³-hybridized carbons (Fsp3) is 0.444. The van der Waals surface area contributed by atoms with Crippen LogP contribution in [0.25, 0.3) is 0 Å². The molecular formula is C9H15N3O2S. The number of aryl methyl sites for hydroxylation is 1. The third-order valence-electron chi connectivity index (χ3n) is 2.10. The van der Waals surface area contributed by atoms with Crippen molar-refractivity contribution in [2.24, 2.45) is 5.73 Å². The Morgan fingerprint density at radius 2 is 2.13 bits per heavy atom. The van der Waals surface area contributed by atoms with E-state index in [1.807, 2.05) is 6.92 Å². The molecule has 1 aromatic heterocycles. The van der Waals surface area contributed by atoms with E-state index in [0.717, 1.165) is 11.3 Å². The minimum atomic E-state index is -3.26. The molecule has 0 aromatic carbocycles. The molecule has 0 atom stereocenters. The standard InChI is InChI=1S/C9H15N3O2S/c1-7-3-8(6-15(13,14)11-2)9(4-10)5-12-7/h3,5,11H,4,6,10H2,1-2H3. The summed E-state index contributed by atoms with van der Waals surface area (Å²) in [5.41, 5.74) is 7.76. The summed E-state index contributed by atoms with van der Waals surface area (Å²) in [5, 5.41) is 0. The van der Waals surface area contributed by atoms with E-state index in [-0.39, 0.29) is 5.75 Å². The van der Waals surface area contributed by atoms with Gasteiger partial charge in [-0.1, -0.05) is 0 Å². The molecule has 0 saturated heterocycles. The van der Waals surface area contributed by atoms with E-state index < -0.39 is 10.0 Å². The number of nitrogens with one attached hydrogen (secondary N) is 1. The molecule has 0 aliphatic carbocycles. The summed E-state index contributed by atoms with van der Waals surface area (Å²) in [6, 6.07) is 1.75. The first-order valence-corrected chi connectivity index (χ1v) is 6.19. The van der Waals surface area contributed by atoms with Crippen molar-refractivity contribution in [1.29, 1.82) is 0 Å². The SMILES string of the molecule is CNS(=O)(=O)Cc1cc(C)ncc1CN. The molecule has 0 amide bonds. The van der Waals surface area contributed by atoms with Crippen molar-refractivity contribution in [3.05, 3.63) is 29.1 Å². The van der Waals surface area contributed by atoms with Crippen LogP contribution in [-0.2, 0) is 22.3 Å². The second-order valence-electron chi connectivity index (χ2n) is 3.26. The molecule has 0 saturated carbocycles. The Morgan fingerprint density at radius 3 is 2.67 bits per heavy atom. The summed E-state index contributed by atoms with van der Waals surface area (Å²) in [6.07, 6.45) is 1.62. The van der Waals surface area contributed by atoms with Gasteiger partial charge in [0.25, 0.3) is 0 Å². The predicted octanol–water partition coefficient (Wildman–Crippen LogP) is -0.102. The molecule has 1 heterocycles.